The third kappa shape index (κ3) is 1.49. The topological polar surface area (TPSA) is 3.24 Å². The maximum atomic E-state index is 2.51. The Bertz CT molecular complexity index is 907. The Labute approximate surface area is 131 Å². The van der Waals surface area contributed by atoms with E-state index in [1.54, 1.807) is 11.1 Å². The van der Waals surface area contributed by atoms with E-state index in [0.717, 1.165) is 13.0 Å². The van der Waals surface area contributed by atoms with Crippen LogP contribution in [-0.2, 0) is 12.8 Å². The summed E-state index contributed by atoms with van der Waals surface area (Å²) in [7, 11) is 0. The number of nitrogens with zero attached hydrogens (tertiary/aromatic N) is 1. The van der Waals surface area contributed by atoms with Crippen LogP contribution in [0.15, 0.2) is 48.5 Å². The van der Waals surface area contributed by atoms with Crippen molar-refractivity contribution < 1.29 is 0 Å². The van der Waals surface area contributed by atoms with Crippen LogP contribution in [0.25, 0.3) is 21.9 Å². The summed E-state index contributed by atoms with van der Waals surface area (Å²) in [5.41, 5.74) is 8.94. The first-order valence-electron chi connectivity index (χ1n) is 8.27. The minimum atomic E-state index is 1.09. The van der Waals surface area contributed by atoms with E-state index in [1.165, 1.54) is 46.1 Å². The molecular formula is C21H19N. The van der Waals surface area contributed by atoms with Crippen LogP contribution in [-0.4, -0.2) is 13.1 Å². The summed E-state index contributed by atoms with van der Waals surface area (Å²) in [6.07, 6.45) is 2.28. The van der Waals surface area contributed by atoms with Gasteiger partial charge in [-0.25, -0.2) is 0 Å². The molecule has 0 unspecified atom stereocenters. The minimum absolute atomic E-state index is 1.09. The van der Waals surface area contributed by atoms with E-state index in [9.17, 15) is 0 Å². The molecule has 1 heteroatoms. The minimum Gasteiger partial charge on any atom is -0.371 e. The van der Waals surface area contributed by atoms with Gasteiger partial charge in [0.25, 0.3) is 0 Å². The molecule has 0 atom stereocenters. The molecule has 2 aliphatic rings. The van der Waals surface area contributed by atoms with Crippen LogP contribution in [0.2, 0.25) is 0 Å². The van der Waals surface area contributed by atoms with Gasteiger partial charge in [0.05, 0.1) is 0 Å². The Morgan fingerprint density at radius 2 is 1.77 bits per heavy atom. The summed E-state index contributed by atoms with van der Waals surface area (Å²) in [6, 6.07) is 18.1. The number of anilines is 1. The molecule has 3 aromatic carbocycles. The molecule has 0 N–H and O–H groups in total. The van der Waals surface area contributed by atoms with E-state index in [4.69, 9.17) is 0 Å². The molecule has 0 bridgehead atoms. The van der Waals surface area contributed by atoms with Crippen molar-refractivity contribution in [3.63, 3.8) is 0 Å². The zero-order chi connectivity index (χ0) is 14.7. The molecule has 0 aromatic heterocycles. The Balaban J connectivity index is 1.83. The second kappa shape index (κ2) is 4.36. The summed E-state index contributed by atoms with van der Waals surface area (Å²) in [4.78, 5) is 2.51. The van der Waals surface area contributed by atoms with Crippen molar-refractivity contribution in [3.05, 3.63) is 65.2 Å². The molecule has 1 heterocycles. The Morgan fingerprint density at radius 3 is 2.68 bits per heavy atom. The van der Waals surface area contributed by atoms with E-state index in [2.05, 4.69) is 60.4 Å². The van der Waals surface area contributed by atoms with Gasteiger partial charge in [-0.1, -0.05) is 42.5 Å². The lowest BCUT2D eigenvalue weighted by Gasteiger charge is -2.17. The predicted molar refractivity (Wildman–Crippen MR) is 93.8 cm³/mol. The van der Waals surface area contributed by atoms with Crippen molar-refractivity contribution in [1.29, 1.82) is 0 Å². The van der Waals surface area contributed by atoms with Gasteiger partial charge >= 0.3 is 0 Å². The van der Waals surface area contributed by atoms with Crippen LogP contribution in [0.1, 0.15) is 23.6 Å². The third-order valence-electron chi connectivity index (χ3n) is 5.41. The molecule has 0 saturated heterocycles. The lowest BCUT2D eigenvalue weighted by molar-refractivity contribution is 0.869. The van der Waals surface area contributed by atoms with Crippen molar-refractivity contribution in [2.75, 3.05) is 18.0 Å². The monoisotopic (exact) mass is 285 g/mol. The number of hydrogen-bond donors (Lipinski definition) is 0. The summed E-state index contributed by atoms with van der Waals surface area (Å²) in [6.45, 7) is 4.53. The van der Waals surface area contributed by atoms with Crippen molar-refractivity contribution in [3.8, 4) is 11.1 Å². The SMILES string of the molecule is CCN1CCc2c1ccc1ccc3c(c21)Cc1ccccc1-3. The first-order valence-corrected chi connectivity index (χ1v) is 8.27. The molecule has 0 amide bonds. The highest BCUT2D eigenvalue weighted by molar-refractivity contribution is 6.00. The molecule has 0 fully saturated rings. The van der Waals surface area contributed by atoms with Crippen LogP contribution in [0.3, 0.4) is 0 Å². The lowest BCUT2D eigenvalue weighted by atomic mass is 9.94. The van der Waals surface area contributed by atoms with Gasteiger partial charge in [-0.3, -0.25) is 0 Å². The molecule has 3 aromatic rings. The van der Waals surface area contributed by atoms with Gasteiger partial charge in [0, 0.05) is 18.8 Å². The number of benzene rings is 3. The normalized spacial score (nSPS) is 15.0. The number of likely N-dealkylation sites (N-methyl/N-ethyl adjacent to an activating group) is 1. The number of hydrogen-bond acceptors (Lipinski definition) is 1. The quantitative estimate of drug-likeness (QED) is 0.486. The van der Waals surface area contributed by atoms with Crippen molar-refractivity contribution in [2.45, 2.75) is 19.8 Å². The van der Waals surface area contributed by atoms with Gasteiger partial charge in [0.1, 0.15) is 0 Å². The van der Waals surface area contributed by atoms with Crippen LogP contribution in [0.5, 0.6) is 0 Å². The van der Waals surface area contributed by atoms with E-state index in [0.29, 0.717) is 0 Å². The summed E-state index contributed by atoms with van der Waals surface area (Å²) in [5, 5.41) is 2.94. The van der Waals surface area contributed by atoms with Crippen LogP contribution >= 0.6 is 0 Å². The zero-order valence-electron chi connectivity index (χ0n) is 12.9. The number of rotatable bonds is 1. The van der Waals surface area contributed by atoms with Gasteiger partial charge in [-0.05, 0) is 64.4 Å². The standard InChI is InChI=1S/C21H19N/c1-2-22-12-11-18-20(22)10-8-14-7-9-17-16-6-4-3-5-15(16)13-19(17)21(14)18/h3-10H,2,11-13H2,1H3. The maximum Gasteiger partial charge on any atom is 0.0406 e. The fraction of sp³-hybridized carbons (Fsp3) is 0.238. The van der Waals surface area contributed by atoms with Crippen molar-refractivity contribution in [2.24, 2.45) is 0 Å². The van der Waals surface area contributed by atoms with Gasteiger partial charge < -0.3 is 4.90 Å². The molecule has 5 rings (SSSR count). The zero-order valence-corrected chi connectivity index (χ0v) is 12.9. The average molecular weight is 285 g/mol. The first kappa shape index (κ1) is 12.3. The third-order valence-corrected chi connectivity index (χ3v) is 5.41. The molecule has 0 saturated carbocycles. The molecule has 1 nitrogen and oxygen atoms in total. The van der Waals surface area contributed by atoms with Gasteiger partial charge in [0.15, 0.2) is 0 Å². The van der Waals surface area contributed by atoms with Crippen LogP contribution in [0, 0.1) is 0 Å². The molecule has 22 heavy (non-hydrogen) atoms. The Kier molecular flexibility index (Phi) is 2.43. The molecule has 0 spiro atoms. The number of fused-ring (bicyclic) bond motifs is 7. The molecule has 1 aliphatic heterocycles. The van der Waals surface area contributed by atoms with E-state index in [1.807, 2.05) is 0 Å². The van der Waals surface area contributed by atoms with E-state index >= 15 is 0 Å². The fourth-order valence-electron chi connectivity index (χ4n) is 4.37. The molecule has 108 valence electrons. The van der Waals surface area contributed by atoms with Crippen LogP contribution in [0.4, 0.5) is 5.69 Å². The van der Waals surface area contributed by atoms with Gasteiger partial charge in [0.2, 0.25) is 0 Å². The summed E-state index contributed by atoms with van der Waals surface area (Å²) < 4.78 is 0. The summed E-state index contributed by atoms with van der Waals surface area (Å²) in [5.74, 6) is 0. The second-order valence-corrected chi connectivity index (χ2v) is 6.42. The lowest BCUT2D eigenvalue weighted by Crippen LogP contribution is -2.18. The highest BCUT2D eigenvalue weighted by Crippen LogP contribution is 2.44. The van der Waals surface area contributed by atoms with Crippen molar-refractivity contribution in [1.82, 2.24) is 0 Å². The molecular weight excluding hydrogens is 266 g/mol. The predicted octanol–water partition coefficient (Wildman–Crippen LogP) is 4.79. The average Bonchev–Trinajstić information content (AvgIpc) is 3.15. The largest absolute Gasteiger partial charge is 0.371 e. The van der Waals surface area contributed by atoms with Gasteiger partial charge in [-0.15, -0.1) is 0 Å². The Hall–Kier alpha value is -2.28. The molecule has 0 radical (unpaired) electrons. The summed E-state index contributed by atoms with van der Waals surface area (Å²) >= 11 is 0. The highest BCUT2D eigenvalue weighted by Gasteiger charge is 2.25. The van der Waals surface area contributed by atoms with Gasteiger partial charge in [-0.2, -0.15) is 0 Å². The molecule has 1 aliphatic carbocycles. The first-order chi connectivity index (χ1) is 10.9. The van der Waals surface area contributed by atoms with Crippen LogP contribution < -0.4 is 4.90 Å². The van der Waals surface area contributed by atoms with Crippen molar-refractivity contribution >= 4 is 16.5 Å². The fourth-order valence-corrected chi connectivity index (χ4v) is 4.37. The maximum absolute atomic E-state index is 2.51. The smallest absolute Gasteiger partial charge is 0.0406 e. The van der Waals surface area contributed by atoms with E-state index in [-0.39, 0.29) is 0 Å². The second-order valence-electron chi connectivity index (χ2n) is 6.42. The highest BCUT2D eigenvalue weighted by atomic mass is 15.1. The van der Waals surface area contributed by atoms with E-state index < -0.39 is 0 Å². The Morgan fingerprint density at radius 1 is 0.909 bits per heavy atom.